The molecule has 27 heavy (non-hydrogen) atoms. The molecule has 6 heteroatoms. The Hall–Kier alpha value is -3.12. The summed E-state index contributed by atoms with van der Waals surface area (Å²) in [6, 6.07) is 14.7. The first-order valence-electron chi connectivity index (χ1n) is 8.77. The van der Waals surface area contributed by atoms with E-state index in [9.17, 15) is 9.59 Å². The lowest BCUT2D eigenvalue weighted by molar-refractivity contribution is -0.885. The summed E-state index contributed by atoms with van der Waals surface area (Å²) in [5, 5.41) is 5.41. The zero-order chi connectivity index (χ0) is 19.6. The van der Waals surface area contributed by atoms with E-state index in [1.807, 2.05) is 31.3 Å². The van der Waals surface area contributed by atoms with Crippen LogP contribution in [0.15, 0.2) is 61.2 Å². The molecule has 0 heterocycles. The zero-order valence-electron chi connectivity index (χ0n) is 15.7. The first-order chi connectivity index (χ1) is 13.0. The van der Waals surface area contributed by atoms with Crippen LogP contribution >= 0.6 is 0 Å². The van der Waals surface area contributed by atoms with Gasteiger partial charge in [-0.25, -0.2) is 0 Å². The summed E-state index contributed by atoms with van der Waals surface area (Å²) in [4.78, 5) is 25.0. The van der Waals surface area contributed by atoms with E-state index in [2.05, 4.69) is 17.2 Å². The van der Waals surface area contributed by atoms with Crippen molar-refractivity contribution in [3.63, 3.8) is 0 Å². The van der Waals surface area contributed by atoms with Crippen LogP contribution in [0.1, 0.15) is 15.9 Å². The average Bonchev–Trinajstić information content (AvgIpc) is 2.66. The van der Waals surface area contributed by atoms with Crippen LogP contribution in [0, 0.1) is 0 Å². The van der Waals surface area contributed by atoms with Crippen LogP contribution in [0.25, 0.3) is 0 Å². The highest BCUT2D eigenvalue weighted by molar-refractivity contribution is 5.97. The predicted octanol–water partition coefficient (Wildman–Crippen LogP) is 1.26. The van der Waals surface area contributed by atoms with E-state index in [-0.39, 0.29) is 11.8 Å². The highest BCUT2D eigenvalue weighted by atomic mass is 16.5. The molecule has 2 rings (SSSR count). The monoisotopic (exact) mass is 368 g/mol. The maximum Gasteiger partial charge on any atom is 0.279 e. The van der Waals surface area contributed by atoms with Gasteiger partial charge in [0.15, 0.2) is 6.54 Å². The molecule has 3 N–H and O–H groups in total. The summed E-state index contributed by atoms with van der Waals surface area (Å²) in [6.45, 7) is 5.13. The van der Waals surface area contributed by atoms with Crippen LogP contribution in [-0.4, -0.2) is 39.1 Å². The van der Waals surface area contributed by atoms with Gasteiger partial charge in [0.25, 0.3) is 11.8 Å². The second kappa shape index (κ2) is 10.1. The predicted molar refractivity (Wildman–Crippen MR) is 106 cm³/mol. The molecular weight excluding hydrogens is 342 g/mol. The number of carbonyl (C=O) groups is 2. The number of hydrogen-bond donors (Lipinski definition) is 3. The largest absolute Gasteiger partial charge is 0.490 e. The lowest BCUT2D eigenvalue weighted by Gasteiger charge is -2.14. The Bertz CT molecular complexity index is 788. The third-order valence-corrected chi connectivity index (χ3v) is 3.90. The summed E-state index contributed by atoms with van der Waals surface area (Å²) < 4.78 is 5.46. The average molecular weight is 368 g/mol. The molecular formula is C21H26N3O3+. The number of amides is 2. The molecule has 6 nitrogen and oxygen atoms in total. The maximum absolute atomic E-state index is 12.3. The maximum atomic E-state index is 12.3. The molecule has 0 saturated carbocycles. The van der Waals surface area contributed by atoms with Gasteiger partial charge in [0.1, 0.15) is 18.9 Å². The highest BCUT2D eigenvalue weighted by Crippen LogP contribution is 2.12. The van der Waals surface area contributed by atoms with Crippen LogP contribution in [0.5, 0.6) is 5.75 Å². The Kier molecular flexibility index (Phi) is 7.58. The van der Waals surface area contributed by atoms with E-state index in [1.54, 1.807) is 37.4 Å². The molecule has 0 bridgehead atoms. The molecule has 1 atom stereocenters. The van der Waals surface area contributed by atoms with Gasteiger partial charge in [0.2, 0.25) is 0 Å². The molecule has 0 aliphatic rings. The highest BCUT2D eigenvalue weighted by Gasteiger charge is 2.12. The summed E-state index contributed by atoms with van der Waals surface area (Å²) in [6.07, 6.45) is 1.70. The van der Waals surface area contributed by atoms with Crippen molar-refractivity contribution in [2.24, 2.45) is 0 Å². The van der Waals surface area contributed by atoms with Crippen LogP contribution < -0.4 is 20.3 Å². The molecule has 0 aliphatic carbocycles. The van der Waals surface area contributed by atoms with Crippen molar-refractivity contribution in [1.29, 1.82) is 0 Å². The number of ether oxygens (including phenoxy) is 1. The summed E-state index contributed by atoms with van der Waals surface area (Å²) in [5.74, 6) is 0.506. The summed E-state index contributed by atoms with van der Waals surface area (Å²) >= 11 is 0. The molecule has 2 aromatic carbocycles. The SMILES string of the molecule is C=CCOc1ccc(C[NH+](C)CC(=O)Nc2cccc(C(=O)NC)c2)cc1. The molecule has 0 radical (unpaired) electrons. The molecule has 0 spiro atoms. The minimum atomic E-state index is -0.186. The smallest absolute Gasteiger partial charge is 0.279 e. The number of anilines is 1. The fourth-order valence-electron chi connectivity index (χ4n) is 2.63. The summed E-state index contributed by atoms with van der Waals surface area (Å²) in [7, 11) is 3.53. The third-order valence-electron chi connectivity index (χ3n) is 3.90. The Morgan fingerprint density at radius 3 is 2.59 bits per heavy atom. The number of carbonyl (C=O) groups excluding carboxylic acids is 2. The molecule has 2 aromatic rings. The molecule has 0 aromatic heterocycles. The van der Waals surface area contributed by atoms with Crippen molar-refractivity contribution in [3.8, 4) is 5.75 Å². The van der Waals surface area contributed by atoms with Gasteiger partial charge < -0.3 is 20.3 Å². The summed E-state index contributed by atoms with van der Waals surface area (Å²) in [5.41, 5.74) is 2.24. The molecule has 1 unspecified atom stereocenters. The van der Waals surface area contributed by atoms with Gasteiger partial charge in [-0.1, -0.05) is 18.7 Å². The lowest BCUT2D eigenvalue weighted by Crippen LogP contribution is -3.08. The molecule has 142 valence electrons. The van der Waals surface area contributed by atoms with Crippen molar-refractivity contribution in [2.75, 3.05) is 32.6 Å². The standard InChI is InChI=1S/C21H25N3O3/c1-4-12-27-19-10-8-16(9-11-19)14-24(3)15-20(25)23-18-7-5-6-17(13-18)21(26)22-2/h4-11,13H,1,12,14-15H2,2-3H3,(H,22,26)(H,23,25)/p+1. The first-order valence-corrected chi connectivity index (χ1v) is 8.77. The molecule has 0 fully saturated rings. The van der Waals surface area contributed by atoms with E-state index in [4.69, 9.17) is 4.74 Å². The normalized spacial score (nSPS) is 11.3. The number of likely N-dealkylation sites (N-methyl/N-ethyl adjacent to an activating group) is 1. The second-order valence-electron chi connectivity index (χ2n) is 6.26. The quantitative estimate of drug-likeness (QED) is 0.584. The Morgan fingerprint density at radius 2 is 1.93 bits per heavy atom. The van der Waals surface area contributed by atoms with Gasteiger partial charge >= 0.3 is 0 Å². The van der Waals surface area contributed by atoms with Crippen molar-refractivity contribution in [3.05, 3.63) is 72.3 Å². The first kappa shape index (κ1) is 20.2. The lowest BCUT2D eigenvalue weighted by atomic mass is 10.2. The van der Waals surface area contributed by atoms with E-state index < -0.39 is 0 Å². The van der Waals surface area contributed by atoms with Gasteiger partial charge in [0.05, 0.1) is 7.05 Å². The number of rotatable bonds is 9. The minimum absolute atomic E-state index is 0.104. The van der Waals surface area contributed by atoms with Gasteiger partial charge in [-0.2, -0.15) is 0 Å². The number of benzene rings is 2. The van der Waals surface area contributed by atoms with Gasteiger partial charge in [-0.3, -0.25) is 9.59 Å². The van der Waals surface area contributed by atoms with Gasteiger partial charge in [-0.15, -0.1) is 0 Å². The van der Waals surface area contributed by atoms with Crippen LogP contribution in [0.4, 0.5) is 5.69 Å². The van der Waals surface area contributed by atoms with Crippen LogP contribution in [0.3, 0.4) is 0 Å². The van der Waals surface area contributed by atoms with Crippen molar-refractivity contribution < 1.29 is 19.2 Å². The van der Waals surface area contributed by atoms with Crippen LogP contribution in [0.2, 0.25) is 0 Å². The zero-order valence-corrected chi connectivity index (χ0v) is 15.7. The van der Waals surface area contributed by atoms with Crippen molar-refractivity contribution >= 4 is 17.5 Å². The molecule has 0 saturated heterocycles. The Morgan fingerprint density at radius 1 is 1.19 bits per heavy atom. The fourth-order valence-corrected chi connectivity index (χ4v) is 2.63. The third kappa shape index (κ3) is 6.60. The topological polar surface area (TPSA) is 71.9 Å². The van der Waals surface area contributed by atoms with E-state index in [0.29, 0.717) is 30.9 Å². The number of hydrogen-bond acceptors (Lipinski definition) is 3. The Labute approximate surface area is 159 Å². The second-order valence-corrected chi connectivity index (χ2v) is 6.26. The Balaban J connectivity index is 1.86. The van der Waals surface area contributed by atoms with Crippen LogP contribution in [-0.2, 0) is 11.3 Å². The van der Waals surface area contributed by atoms with Gasteiger partial charge in [0, 0.05) is 23.9 Å². The molecule has 2 amide bonds. The minimum Gasteiger partial charge on any atom is -0.490 e. The van der Waals surface area contributed by atoms with Crippen molar-refractivity contribution in [1.82, 2.24) is 5.32 Å². The van der Waals surface area contributed by atoms with E-state index in [0.717, 1.165) is 16.2 Å². The molecule has 0 aliphatic heterocycles. The van der Waals surface area contributed by atoms with Crippen molar-refractivity contribution in [2.45, 2.75) is 6.54 Å². The number of quaternary nitrogens is 1. The van der Waals surface area contributed by atoms with Gasteiger partial charge in [-0.05, 0) is 42.5 Å². The van der Waals surface area contributed by atoms with E-state index in [1.165, 1.54) is 0 Å². The number of nitrogens with one attached hydrogen (secondary N) is 3. The fraction of sp³-hybridized carbons (Fsp3) is 0.238. The van der Waals surface area contributed by atoms with E-state index >= 15 is 0 Å².